The summed E-state index contributed by atoms with van der Waals surface area (Å²) in [6.07, 6.45) is 12.1. The molecule has 1 saturated carbocycles. The Morgan fingerprint density at radius 2 is 2.03 bits per heavy atom. The average molecular weight is 465 g/mol. The van der Waals surface area contributed by atoms with Gasteiger partial charge in [0.2, 0.25) is 23.5 Å². The van der Waals surface area contributed by atoms with Crippen molar-refractivity contribution >= 4 is 23.1 Å². The highest BCUT2D eigenvalue weighted by molar-refractivity contribution is 5.84. The third kappa shape index (κ3) is 3.34. The first-order valence-electron chi connectivity index (χ1n) is 11.4. The number of nitrogens with zero attached hydrogens (tertiary/aromatic N) is 7. The van der Waals surface area contributed by atoms with E-state index >= 15 is 4.39 Å². The van der Waals surface area contributed by atoms with Crippen molar-refractivity contribution in [3.8, 4) is 17.0 Å². The van der Waals surface area contributed by atoms with E-state index in [9.17, 15) is 4.79 Å². The molecule has 0 bridgehead atoms. The fraction of sp³-hybridized carbons (Fsp3) is 0.435. The number of carbonyl (C=O) groups is 1. The van der Waals surface area contributed by atoms with Crippen molar-refractivity contribution in [2.45, 2.75) is 38.6 Å². The van der Waals surface area contributed by atoms with Crippen molar-refractivity contribution in [3.63, 3.8) is 0 Å². The Bertz CT molecular complexity index is 1400. The van der Waals surface area contributed by atoms with Gasteiger partial charge in [-0.05, 0) is 25.7 Å². The summed E-state index contributed by atoms with van der Waals surface area (Å²) in [4.78, 5) is 26.4. The second kappa shape index (κ2) is 7.64. The summed E-state index contributed by atoms with van der Waals surface area (Å²) in [5, 5.41) is 7.93. The second-order valence-corrected chi connectivity index (χ2v) is 9.36. The maximum atomic E-state index is 15.1. The molecular formula is C23H25FN8O2. The Hall–Kier alpha value is -3.76. The normalized spacial score (nSPS) is 17.9. The molecule has 4 aromatic heterocycles. The first-order chi connectivity index (χ1) is 16.4. The molecule has 34 heavy (non-hydrogen) atoms. The molecule has 2 fully saturated rings. The molecule has 5 heterocycles. The number of carbonyl (C=O) groups excluding carboxylic acids is 1. The number of rotatable bonds is 4. The number of halogens is 1. The molecule has 0 unspecified atom stereocenters. The van der Waals surface area contributed by atoms with Gasteiger partial charge in [-0.2, -0.15) is 4.98 Å². The molecule has 11 heteroatoms. The zero-order valence-electron chi connectivity index (χ0n) is 19.0. The number of hydrogen-bond donors (Lipinski definition) is 1. The maximum Gasteiger partial charge on any atom is 0.244 e. The van der Waals surface area contributed by atoms with E-state index in [0.29, 0.717) is 28.4 Å². The molecule has 2 aliphatic rings. The number of imidazole rings is 1. The molecule has 1 aliphatic carbocycles. The highest BCUT2D eigenvalue weighted by Crippen LogP contribution is 2.44. The molecule has 0 aromatic carbocycles. The lowest BCUT2D eigenvalue weighted by Crippen LogP contribution is -2.59. The Morgan fingerprint density at radius 3 is 2.76 bits per heavy atom. The van der Waals surface area contributed by atoms with Crippen molar-refractivity contribution in [1.82, 2.24) is 33.9 Å². The molecule has 0 atom stereocenters. The third-order valence-electron chi connectivity index (χ3n) is 7.16. The molecule has 1 spiro atoms. The molecule has 1 saturated heterocycles. The largest absolute Gasteiger partial charge is 0.479 e. The van der Waals surface area contributed by atoms with E-state index in [1.807, 2.05) is 4.90 Å². The predicted molar refractivity (Wildman–Crippen MR) is 122 cm³/mol. The third-order valence-corrected chi connectivity index (χ3v) is 7.16. The minimum atomic E-state index is -0.439. The second-order valence-electron chi connectivity index (χ2n) is 9.36. The summed E-state index contributed by atoms with van der Waals surface area (Å²) in [6.45, 7) is 3.34. The molecule has 176 valence electrons. The lowest BCUT2D eigenvalue weighted by atomic mass is 9.67. The topological polar surface area (TPSA) is 102 Å². The molecule has 1 amide bonds. The van der Waals surface area contributed by atoms with Gasteiger partial charge >= 0.3 is 0 Å². The lowest BCUT2D eigenvalue weighted by Gasteiger charge is -2.53. The Balaban J connectivity index is 1.25. The van der Waals surface area contributed by atoms with Gasteiger partial charge in [0.1, 0.15) is 5.52 Å². The number of hydrogen-bond acceptors (Lipinski definition) is 7. The fourth-order valence-corrected chi connectivity index (χ4v) is 5.30. The van der Waals surface area contributed by atoms with Gasteiger partial charge in [-0.3, -0.25) is 9.20 Å². The fourth-order valence-electron chi connectivity index (χ4n) is 5.30. The van der Waals surface area contributed by atoms with Crippen LogP contribution < -0.4 is 10.1 Å². The van der Waals surface area contributed by atoms with Crippen molar-refractivity contribution in [2.24, 2.45) is 5.41 Å². The smallest absolute Gasteiger partial charge is 0.244 e. The van der Waals surface area contributed by atoms with Crippen LogP contribution in [0.1, 0.15) is 32.6 Å². The quantitative estimate of drug-likeness (QED) is 0.496. The van der Waals surface area contributed by atoms with E-state index in [0.717, 1.165) is 38.8 Å². The van der Waals surface area contributed by atoms with E-state index in [1.54, 1.807) is 36.1 Å². The van der Waals surface area contributed by atoms with E-state index in [2.05, 4.69) is 25.4 Å². The molecule has 6 rings (SSSR count). The first kappa shape index (κ1) is 20.8. The van der Waals surface area contributed by atoms with E-state index in [1.165, 1.54) is 17.8 Å². The summed E-state index contributed by atoms with van der Waals surface area (Å²) < 4.78 is 23.8. The van der Waals surface area contributed by atoms with Crippen LogP contribution in [-0.4, -0.2) is 66.0 Å². The molecule has 10 nitrogen and oxygen atoms in total. The van der Waals surface area contributed by atoms with Gasteiger partial charge in [-0.25, -0.2) is 18.9 Å². The number of amides is 1. The number of likely N-dealkylation sites (tertiary alicyclic amines) is 1. The van der Waals surface area contributed by atoms with Crippen molar-refractivity contribution in [2.75, 3.05) is 25.5 Å². The van der Waals surface area contributed by atoms with E-state index in [-0.39, 0.29) is 23.2 Å². The number of fused-ring (bicyclic) bond motifs is 2. The summed E-state index contributed by atoms with van der Waals surface area (Å²) in [6, 6.07) is 0.215. The van der Waals surface area contributed by atoms with Crippen LogP contribution in [0.15, 0.2) is 31.0 Å². The van der Waals surface area contributed by atoms with Gasteiger partial charge < -0.3 is 15.0 Å². The summed E-state index contributed by atoms with van der Waals surface area (Å²) in [7, 11) is 1.51. The van der Waals surface area contributed by atoms with Gasteiger partial charge in [0.05, 0.1) is 18.9 Å². The van der Waals surface area contributed by atoms with Crippen LogP contribution >= 0.6 is 0 Å². The van der Waals surface area contributed by atoms with Crippen LogP contribution in [0.2, 0.25) is 0 Å². The highest BCUT2D eigenvalue weighted by Gasteiger charge is 2.46. The molecular weight excluding hydrogens is 439 g/mol. The Kier molecular flexibility index (Phi) is 4.68. The minimum Gasteiger partial charge on any atom is -0.479 e. The number of ether oxygens (including phenoxy) is 1. The summed E-state index contributed by atoms with van der Waals surface area (Å²) in [5.74, 6) is 0.927. The van der Waals surface area contributed by atoms with E-state index in [4.69, 9.17) is 4.74 Å². The molecule has 4 aromatic rings. The Labute approximate surface area is 194 Å². The van der Waals surface area contributed by atoms with Gasteiger partial charge in [0, 0.05) is 61.8 Å². The van der Waals surface area contributed by atoms with Crippen LogP contribution in [0.5, 0.6) is 5.88 Å². The number of methoxy groups -OCH3 is 1. The molecule has 0 radical (unpaired) electrons. The monoisotopic (exact) mass is 464 g/mol. The standard InChI is InChI=1S/C23H25FN8O2/c1-14(33)31-12-23(13-31)5-3-16(4-6-23)27-21-28-20(34-2)19-18(17(24)11-32(19)29-21)15-9-26-22-25-7-8-30(22)10-15/h7-11,16H,3-6,12-13H2,1-2H3,(H,27,29). The number of anilines is 1. The minimum absolute atomic E-state index is 0.152. The van der Waals surface area contributed by atoms with Crippen LogP contribution in [0.25, 0.3) is 22.4 Å². The summed E-state index contributed by atoms with van der Waals surface area (Å²) >= 11 is 0. The van der Waals surface area contributed by atoms with Crippen LogP contribution in [0, 0.1) is 11.2 Å². The van der Waals surface area contributed by atoms with Crippen molar-refractivity contribution in [3.05, 3.63) is 36.8 Å². The Morgan fingerprint density at radius 1 is 1.24 bits per heavy atom. The van der Waals surface area contributed by atoms with Crippen LogP contribution in [0.4, 0.5) is 10.3 Å². The van der Waals surface area contributed by atoms with Gasteiger partial charge in [-0.15, -0.1) is 5.10 Å². The number of aromatic nitrogens is 6. The van der Waals surface area contributed by atoms with Gasteiger partial charge in [0.15, 0.2) is 5.82 Å². The zero-order chi connectivity index (χ0) is 23.4. The van der Waals surface area contributed by atoms with Crippen LogP contribution in [-0.2, 0) is 4.79 Å². The van der Waals surface area contributed by atoms with Gasteiger partial charge in [-0.1, -0.05) is 0 Å². The first-order valence-corrected chi connectivity index (χ1v) is 11.4. The average Bonchev–Trinajstić information content (AvgIpc) is 3.40. The zero-order valence-corrected chi connectivity index (χ0v) is 19.0. The van der Waals surface area contributed by atoms with Crippen molar-refractivity contribution < 1.29 is 13.9 Å². The molecule has 1 aliphatic heterocycles. The SMILES string of the molecule is COc1nc(NC2CCC3(CC2)CN(C(C)=O)C3)nn2cc(F)c(-c3cnc4nccn4c3)c12. The van der Waals surface area contributed by atoms with E-state index < -0.39 is 5.82 Å². The lowest BCUT2D eigenvalue weighted by molar-refractivity contribution is -0.143. The predicted octanol–water partition coefficient (Wildman–Crippen LogP) is 2.79. The maximum absolute atomic E-state index is 15.1. The number of nitrogens with one attached hydrogen (secondary N) is 1. The molecule has 1 N–H and O–H groups in total. The van der Waals surface area contributed by atoms with Gasteiger partial charge in [0.25, 0.3) is 0 Å². The highest BCUT2D eigenvalue weighted by atomic mass is 19.1. The van der Waals surface area contributed by atoms with Crippen molar-refractivity contribution in [1.29, 1.82) is 0 Å². The van der Waals surface area contributed by atoms with Crippen LogP contribution in [0.3, 0.4) is 0 Å². The summed E-state index contributed by atoms with van der Waals surface area (Å²) in [5.41, 5.74) is 1.60.